The quantitative estimate of drug-likeness (QED) is 0.173. The molecule has 13 aromatic rings. The third-order valence-electron chi connectivity index (χ3n) is 13.9. The van der Waals surface area contributed by atoms with E-state index in [4.69, 9.17) is 0 Å². The fraction of sp³-hybridized carbons (Fsp3) is 0.0333. The molecule has 308 valence electrons. The zero-order valence-corrected chi connectivity index (χ0v) is 35.7. The van der Waals surface area contributed by atoms with Crippen molar-refractivity contribution in [1.82, 2.24) is 23.3 Å². The van der Waals surface area contributed by atoms with E-state index in [0.29, 0.717) is 5.56 Å². The molecular weight excluding hydrogens is 805 g/mol. The Morgan fingerprint density at radius 3 is 1.42 bits per heavy atom. The van der Waals surface area contributed by atoms with E-state index in [2.05, 4.69) is 217 Å². The molecule has 14 rings (SSSR count). The van der Waals surface area contributed by atoms with Crippen molar-refractivity contribution in [3.8, 4) is 39.9 Å². The summed E-state index contributed by atoms with van der Waals surface area (Å²) in [5.41, 5.74) is 16.7. The number of para-hydroxylation sites is 5. The van der Waals surface area contributed by atoms with Crippen molar-refractivity contribution in [2.45, 2.75) is 12.8 Å². The summed E-state index contributed by atoms with van der Waals surface area (Å²) in [5.74, 6) is 0. The van der Waals surface area contributed by atoms with Crippen molar-refractivity contribution in [2.75, 3.05) is 0 Å². The lowest BCUT2D eigenvalue weighted by molar-refractivity contribution is 0.889. The molecule has 0 fully saturated rings. The van der Waals surface area contributed by atoms with Gasteiger partial charge in [-0.15, -0.1) is 0 Å². The van der Waals surface area contributed by atoms with Gasteiger partial charge in [0.1, 0.15) is 11.6 Å². The van der Waals surface area contributed by atoms with E-state index in [0.717, 1.165) is 90.3 Å². The van der Waals surface area contributed by atoms with Crippen LogP contribution in [-0.4, -0.2) is 23.3 Å². The smallest absolute Gasteiger partial charge is 0.104 e. The number of hydrogen-bond donors (Lipinski definition) is 0. The Balaban J connectivity index is 1.04. The van der Waals surface area contributed by atoms with Crippen LogP contribution >= 0.6 is 0 Å². The van der Waals surface area contributed by atoms with Crippen molar-refractivity contribution < 1.29 is 0 Å². The maximum Gasteiger partial charge on any atom is 0.104 e. The largest absolute Gasteiger partial charge is 0.313 e. The number of rotatable bonds is 5. The van der Waals surface area contributed by atoms with E-state index < -0.39 is 0 Å². The second kappa shape index (κ2) is 14.0. The normalized spacial score (nSPS) is 12.7. The lowest BCUT2D eigenvalue weighted by Gasteiger charge is -2.18. The highest BCUT2D eigenvalue weighted by atomic mass is 15.0. The van der Waals surface area contributed by atoms with Gasteiger partial charge < -0.3 is 18.3 Å². The van der Waals surface area contributed by atoms with Crippen molar-refractivity contribution in [3.05, 3.63) is 217 Å². The second-order valence-electron chi connectivity index (χ2n) is 17.4. The molecule has 5 aromatic heterocycles. The van der Waals surface area contributed by atoms with Crippen molar-refractivity contribution in [1.29, 1.82) is 5.26 Å². The highest BCUT2D eigenvalue weighted by Crippen LogP contribution is 2.43. The molecule has 1 aliphatic rings. The molecule has 8 aromatic carbocycles. The van der Waals surface area contributed by atoms with Crippen molar-refractivity contribution >= 4 is 82.4 Å². The molecule has 66 heavy (non-hydrogen) atoms. The number of pyridine rings is 1. The van der Waals surface area contributed by atoms with E-state index in [1.807, 2.05) is 18.5 Å². The Hall–Kier alpha value is -8.92. The Labute approximate surface area is 379 Å². The van der Waals surface area contributed by atoms with Crippen LogP contribution in [0.1, 0.15) is 23.2 Å². The van der Waals surface area contributed by atoms with Gasteiger partial charge in [0, 0.05) is 78.3 Å². The number of hydrogen-bond acceptors (Lipinski definition) is 2. The minimum absolute atomic E-state index is 0.584. The zero-order valence-electron chi connectivity index (χ0n) is 35.7. The molecule has 0 spiro atoms. The number of benzene rings is 8. The van der Waals surface area contributed by atoms with Crippen LogP contribution < -0.4 is 0 Å². The van der Waals surface area contributed by atoms with Gasteiger partial charge in [0.25, 0.3) is 0 Å². The molecule has 0 saturated heterocycles. The molecule has 0 bridgehead atoms. The van der Waals surface area contributed by atoms with Gasteiger partial charge in [-0.05, 0) is 103 Å². The zero-order chi connectivity index (χ0) is 43.5. The Morgan fingerprint density at radius 2 is 0.894 bits per heavy atom. The summed E-state index contributed by atoms with van der Waals surface area (Å²) in [6, 6.07) is 68.0. The van der Waals surface area contributed by atoms with Gasteiger partial charge in [-0.25, -0.2) is 0 Å². The summed E-state index contributed by atoms with van der Waals surface area (Å²) >= 11 is 0. The van der Waals surface area contributed by atoms with Gasteiger partial charge in [0.2, 0.25) is 0 Å². The minimum atomic E-state index is 0.584. The van der Waals surface area contributed by atoms with Crippen LogP contribution in [0.4, 0.5) is 0 Å². The van der Waals surface area contributed by atoms with Crippen molar-refractivity contribution in [2.24, 2.45) is 0 Å². The number of nitriles is 1. The van der Waals surface area contributed by atoms with Crippen LogP contribution in [0.15, 0.2) is 200 Å². The Bertz CT molecular complexity index is 4190. The first-order valence-corrected chi connectivity index (χ1v) is 22.6. The van der Waals surface area contributed by atoms with Gasteiger partial charge in [-0.3, -0.25) is 4.98 Å². The third-order valence-corrected chi connectivity index (χ3v) is 13.9. The van der Waals surface area contributed by atoms with Gasteiger partial charge in [-0.1, -0.05) is 109 Å². The first-order chi connectivity index (χ1) is 32.7. The van der Waals surface area contributed by atoms with Crippen LogP contribution in [-0.2, 0) is 6.42 Å². The monoisotopic (exact) mass is 842 g/mol. The molecule has 0 aliphatic heterocycles. The molecule has 0 saturated carbocycles. The number of fused-ring (bicyclic) bond motifs is 12. The highest BCUT2D eigenvalue weighted by Gasteiger charge is 2.25. The lowest BCUT2D eigenvalue weighted by atomic mass is 10.0. The summed E-state index contributed by atoms with van der Waals surface area (Å²) in [7, 11) is 0. The Morgan fingerprint density at radius 1 is 0.424 bits per heavy atom. The average Bonchev–Trinajstić information content (AvgIpc) is 4.11. The summed E-state index contributed by atoms with van der Waals surface area (Å²) in [6.45, 7) is 0. The molecule has 0 unspecified atom stereocenters. The number of allylic oxidation sites excluding steroid dienone is 1. The topological polar surface area (TPSA) is 56.4 Å². The SMILES string of the molecule is N#Cc1c(-n2c3ccccc3c3cc(-n4c5c(c6ccccc64)C=CCC5)ccc32)cc(-c2cccnc2)cc1-n1c2ccccc2c2cc(-n3c4ccccc4c4ccccc43)ccc21. The van der Waals surface area contributed by atoms with Gasteiger partial charge >= 0.3 is 0 Å². The first kappa shape index (κ1) is 36.6. The molecule has 0 N–H and O–H groups in total. The predicted molar refractivity (Wildman–Crippen MR) is 272 cm³/mol. The van der Waals surface area contributed by atoms with Gasteiger partial charge in [-0.2, -0.15) is 5.26 Å². The summed E-state index contributed by atoms with van der Waals surface area (Å²) in [5, 5.41) is 19.8. The minimum Gasteiger partial charge on any atom is -0.313 e. The fourth-order valence-electron chi connectivity index (χ4n) is 11.2. The lowest BCUT2D eigenvalue weighted by Crippen LogP contribution is -2.05. The van der Waals surface area contributed by atoms with Crippen molar-refractivity contribution in [3.63, 3.8) is 0 Å². The standard InChI is InChI=1S/C60H38N6/c61-36-50-59(65-55-25-11-5-19-46(55)48-34-40(27-29-57(48)65)63-51-21-7-1-15-42(51)43-16-2-8-22-52(43)63)32-39(38-14-13-31-62-37-38)33-60(50)66-56-26-12-6-20-47(56)49-35-41(28-30-58(49)66)64-53-23-9-3-17-44(53)45-18-4-10-24-54(45)64/h1-9,11-23,25-35,37H,10,24H2. The van der Waals surface area contributed by atoms with E-state index in [1.54, 1.807) is 0 Å². The number of aromatic nitrogens is 5. The van der Waals surface area contributed by atoms with E-state index in [9.17, 15) is 5.26 Å². The Kier molecular flexibility index (Phi) is 7.78. The maximum absolute atomic E-state index is 11.6. The van der Waals surface area contributed by atoms with Crippen LogP contribution in [0, 0.1) is 11.3 Å². The van der Waals surface area contributed by atoms with Crippen LogP contribution in [0.5, 0.6) is 0 Å². The summed E-state index contributed by atoms with van der Waals surface area (Å²) in [4.78, 5) is 4.56. The van der Waals surface area contributed by atoms with Crippen LogP contribution in [0.25, 0.3) is 116 Å². The summed E-state index contributed by atoms with van der Waals surface area (Å²) in [6.07, 6.45) is 10.3. The third kappa shape index (κ3) is 5.14. The highest BCUT2D eigenvalue weighted by molar-refractivity contribution is 6.13. The van der Waals surface area contributed by atoms with Crippen LogP contribution in [0.2, 0.25) is 0 Å². The maximum atomic E-state index is 11.6. The fourth-order valence-corrected chi connectivity index (χ4v) is 11.2. The molecule has 5 heterocycles. The molecule has 1 aliphatic carbocycles. The molecule has 6 nitrogen and oxygen atoms in total. The molecule has 6 heteroatoms. The van der Waals surface area contributed by atoms with E-state index in [1.165, 1.54) is 44.0 Å². The van der Waals surface area contributed by atoms with E-state index >= 15 is 0 Å². The average molecular weight is 843 g/mol. The number of nitrogens with zero attached hydrogens (tertiary/aromatic N) is 6. The summed E-state index contributed by atoms with van der Waals surface area (Å²) < 4.78 is 9.42. The van der Waals surface area contributed by atoms with E-state index in [-0.39, 0.29) is 0 Å². The molecule has 0 radical (unpaired) electrons. The van der Waals surface area contributed by atoms with Crippen LogP contribution in [0.3, 0.4) is 0 Å². The second-order valence-corrected chi connectivity index (χ2v) is 17.4. The molecular formula is C60H38N6. The van der Waals surface area contributed by atoms with Gasteiger partial charge in [0.15, 0.2) is 0 Å². The molecule has 0 atom stereocenters. The predicted octanol–water partition coefficient (Wildman–Crippen LogP) is 14.8. The molecule has 0 amide bonds. The van der Waals surface area contributed by atoms with Gasteiger partial charge in [0.05, 0.1) is 50.0 Å². The first-order valence-electron chi connectivity index (χ1n) is 22.6.